The molecular weight excluding hydrogens is 406 g/mol. The van der Waals surface area contributed by atoms with Crippen LogP contribution in [0.3, 0.4) is 0 Å². The number of carbonyl (C=O) groups is 4. The van der Waals surface area contributed by atoms with Crippen LogP contribution in [-0.2, 0) is 20.9 Å². The first-order valence-electron chi connectivity index (χ1n) is 9.74. The molecule has 5 amide bonds. The van der Waals surface area contributed by atoms with Crippen molar-refractivity contribution in [3.05, 3.63) is 29.8 Å². The summed E-state index contributed by atoms with van der Waals surface area (Å²) in [4.78, 5) is 47.6. The van der Waals surface area contributed by atoms with E-state index in [2.05, 4.69) is 16.0 Å². The first kappa shape index (κ1) is 25.7. The van der Waals surface area contributed by atoms with E-state index in [1.807, 2.05) is 0 Å². The van der Waals surface area contributed by atoms with Crippen LogP contribution in [0.1, 0.15) is 39.2 Å². The number of aliphatic hydroxyl groups is 1. The zero-order valence-electron chi connectivity index (χ0n) is 17.9. The molecule has 11 nitrogen and oxygen atoms in total. The van der Waals surface area contributed by atoms with Crippen LogP contribution in [-0.4, -0.2) is 47.7 Å². The number of hydrogen-bond donors (Lipinski definition) is 6. The van der Waals surface area contributed by atoms with E-state index in [0.717, 1.165) is 0 Å². The Hall–Kier alpha value is -3.34. The molecule has 1 aromatic rings. The Balaban J connectivity index is 2.94. The molecule has 2 atom stereocenters. The molecular formula is C20H31N5O6. The first-order chi connectivity index (χ1) is 14.4. The van der Waals surface area contributed by atoms with Gasteiger partial charge in [-0.3, -0.25) is 9.59 Å². The predicted molar refractivity (Wildman–Crippen MR) is 114 cm³/mol. The van der Waals surface area contributed by atoms with Gasteiger partial charge in [0.2, 0.25) is 5.91 Å². The summed E-state index contributed by atoms with van der Waals surface area (Å²) >= 11 is 0. The van der Waals surface area contributed by atoms with Crippen molar-refractivity contribution in [2.24, 2.45) is 16.9 Å². The van der Waals surface area contributed by atoms with Gasteiger partial charge in [0.25, 0.3) is 5.91 Å². The van der Waals surface area contributed by atoms with Crippen LogP contribution in [0, 0.1) is 5.41 Å². The molecule has 0 saturated carbocycles. The summed E-state index contributed by atoms with van der Waals surface area (Å²) in [5, 5.41) is 16.8. The second-order valence-electron chi connectivity index (χ2n) is 8.02. The standard InChI is InChI=1S/C20H31N5O6/c1-20(2,3)15(31-19(22)30)17(28)25-14(5-4-10-23-18(21)29)16(27)24-13-8-6-12(11-26)7-9-13/h6-9,14-15,26H,4-5,10-11H2,1-3H3,(H2,22,30)(H,24,27)(H,25,28)(H3,21,23,29). The Bertz CT molecular complexity index is 775. The number of aliphatic hydroxyl groups excluding tert-OH is 1. The third kappa shape index (κ3) is 9.34. The molecule has 0 radical (unpaired) electrons. The Morgan fingerprint density at radius 3 is 2.16 bits per heavy atom. The maximum absolute atomic E-state index is 12.8. The number of ether oxygens (including phenoxy) is 1. The molecule has 0 aliphatic carbocycles. The number of benzene rings is 1. The Morgan fingerprint density at radius 1 is 1.06 bits per heavy atom. The van der Waals surface area contributed by atoms with Crippen LogP contribution in [0.25, 0.3) is 0 Å². The van der Waals surface area contributed by atoms with Gasteiger partial charge in [-0.1, -0.05) is 32.9 Å². The molecule has 0 bridgehead atoms. The molecule has 0 aromatic heterocycles. The minimum atomic E-state index is -1.21. The lowest BCUT2D eigenvalue weighted by molar-refractivity contribution is -0.137. The van der Waals surface area contributed by atoms with Crippen LogP contribution in [0.2, 0.25) is 0 Å². The summed E-state index contributed by atoms with van der Waals surface area (Å²) in [7, 11) is 0. The average Bonchev–Trinajstić information content (AvgIpc) is 2.67. The van der Waals surface area contributed by atoms with Gasteiger partial charge in [-0.25, -0.2) is 9.59 Å². The van der Waals surface area contributed by atoms with Gasteiger partial charge in [-0.2, -0.15) is 0 Å². The van der Waals surface area contributed by atoms with Crippen molar-refractivity contribution in [1.82, 2.24) is 10.6 Å². The fraction of sp³-hybridized carbons (Fsp3) is 0.500. The van der Waals surface area contributed by atoms with Crippen molar-refractivity contribution < 1.29 is 29.0 Å². The Kier molecular flexibility index (Phi) is 9.74. The highest BCUT2D eigenvalue weighted by Crippen LogP contribution is 2.23. The number of amides is 5. The van der Waals surface area contributed by atoms with Crippen LogP contribution < -0.4 is 27.4 Å². The number of nitrogens with one attached hydrogen (secondary N) is 3. The highest BCUT2D eigenvalue weighted by molar-refractivity contribution is 5.98. The van der Waals surface area contributed by atoms with Crippen molar-refractivity contribution in [3.63, 3.8) is 0 Å². The fourth-order valence-corrected chi connectivity index (χ4v) is 2.70. The molecule has 172 valence electrons. The monoisotopic (exact) mass is 437 g/mol. The second kappa shape index (κ2) is 11.7. The summed E-state index contributed by atoms with van der Waals surface area (Å²) in [6, 6.07) is 4.85. The normalized spacial score (nSPS) is 12.9. The number of hydrogen-bond acceptors (Lipinski definition) is 6. The number of rotatable bonds is 10. The predicted octanol–water partition coefficient (Wildman–Crippen LogP) is 0.561. The van der Waals surface area contributed by atoms with Gasteiger partial charge in [-0.15, -0.1) is 0 Å². The maximum atomic E-state index is 12.8. The molecule has 0 spiro atoms. The van der Waals surface area contributed by atoms with Crippen molar-refractivity contribution in [3.8, 4) is 0 Å². The quantitative estimate of drug-likeness (QED) is 0.290. The number of nitrogens with two attached hydrogens (primary N) is 2. The van der Waals surface area contributed by atoms with Crippen LogP contribution in [0.5, 0.6) is 0 Å². The zero-order chi connectivity index (χ0) is 23.6. The van der Waals surface area contributed by atoms with Crippen LogP contribution in [0.4, 0.5) is 15.3 Å². The third-order valence-corrected chi connectivity index (χ3v) is 4.26. The largest absolute Gasteiger partial charge is 0.436 e. The molecule has 0 saturated heterocycles. The number of primary amides is 2. The summed E-state index contributed by atoms with van der Waals surface area (Å²) in [5.41, 5.74) is 10.5. The summed E-state index contributed by atoms with van der Waals surface area (Å²) in [6.07, 6.45) is -1.79. The molecule has 0 aliphatic heterocycles. The number of urea groups is 1. The molecule has 0 heterocycles. The average molecular weight is 437 g/mol. The van der Waals surface area contributed by atoms with E-state index in [9.17, 15) is 19.2 Å². The van der Waals surface area contributed by atoms with Gasteiger partial charge in [0.05, 0.1) is 6.61 Å². The number of anilines is 1. The lowest BCUT2D eigenvalue weighted by Gasteiger charge is -2.30. The molecule has 1 aromatic carbocycles. The van der Waals surface area contributed by atoms with Crippen molar-refractivity contribution in [1.29, 1.82) is 0 Å². The van der Waals surface area contributed by atoms with Crippen molar-refractivity contribution >= 4 is 29.6 Å². The highest BCUT2D eigenvalue weighted by Gasteiger charge is 2.36. The second-order valence-corrected chi connectivity index (χ2v) is 8.02. The Labute approximate surface area is 180 Å². The highest BCUT2D eigenvalue weighted by atomic mass is 16.6. The smallest absolute Gasteiger partial charge is 0.405 e. The van der Waals surface area contributed by atoms with Crippen LogP contribution >= 0.6 is 0 Å². The number of carbonyl (C=O) groups excluding carboxylic acids is 4. The minimum absolute atomic E-state index is 0.131. The fourth-order valence-electron chi connectivity index (χ4n) is 2.70. The lowest BCUT2D eigenvalue weighted by atomic mass is 9.88. The summed E-state index contributed by atoms with van der Waals surface area (Å²) in [5.74, 6) is -1.18. The molecule has 8 N–H and O–H groups in total. The van der Waals surface area contributed by atoms with Gasteiger partial charge in [-0.05, 0) is 30.5 Å². The van der Waals surface area contributed by atoms with E-state index in [1.165, 1.54) is 0 Å². The van der Waals surface area contributed by atoms with Crippen LogP contribution in [0.15, 0.2) is 24.3 Å². The Morgan fingerprint density at radius 2 is 1.68 bits per heavy atom. The van der Waals surface area contributed by atoms with E-state index >= 15 is 0 Å². The van der Waals surface area contributed by atoms with Crippen molar-refractivity contribution in [2.75, 3.05) is 11.9 Å². The third-order valence-electron chi connectivity index (χ3n) is 4.26. The SMILES string of the molecule is CC(C)(C)C(OC(N)=O)C(=O)NC(CCCNC(N)=O)C(=O)Nc1ccc(CO)cc1. The summed E-state index contributed by atoms with van der Waals surface area (Å²) < 4.78 is 4.96. The van der Waals surface area contributed by atoms with E-state index in [4.69, 9.17) is 21.3 Å². The van der Waals surface area contributed by atoms with Gasteiger partial charge in [0, 0.05) is 17.6 Å². The zero-order valence-corrected chi connectivity index (χ0v) is 17.9. The first-order valence-corrected chi connectivity index (χ1v) is 9.74. The molecule has 0 aliphatic rings. The van der Waals surface area contributed by atoms with E-state index in [1.54, 1.807) is 45.0 Å². The molecule has 11 heteroatoms. The van der Waals surface area contributed by atoms with E-state index < -0.39 is 41.5 Å². The van der Waals surface area contributed by atoms with Crippen molar-refractivity contribution in [2.45, 2.75) is 52.4 Å². The minimum Gasteiger partial charge on any atom is -0.436 e. The topological polar surface area (TPSA) is 186 Å². The molecule has 2 unspecified atom stereocenters. The lowest BCUT2D eigenvalue weighted by Crippen LogP contribution is -2.52. The van der Waals surface area contributed by atoms with E-state index in [0.29, 0.717) is 17.7 Å². The summed E-state index contributed by atoms with van der Waals surface area (Å²) in [6.45, 7) is 5.15. The maximum Gasteiger partial charge on any atom is 0.405 e. The molecule has 1 rings (SSSR count). The van der Waals surface area contributed by atoms with Gasteiger partial charge >= 0.3 is 12.1 Å². The van der Waals surface area contributed by atoms with Gasteiger partial charge < -0.3 is 37.3 Å². The molecule has 0 fully saturated rings. The van der Waals surface area contributed by atoms with Gasteiger partial charge in [0.15, 0.2) is 6.10 Å². The van der Waals surface area contributed by atoms with Gasteiger partial charge in [0.1, 0.15) is 6.04 Å². The van der Waals surface area contributed by atoms with E-state index in [-0.39, 0.29) is 19.6 Å². The molecule has 31 heavy (non-hydrogen) atoms.